The molecule has 1 aliphatic rings. The number of nitrogens with one attached hydrogen (secondary N) is 1. The van der Waals surface area contributed by atoms with E-state index in [0.29, 0.717) is 18.7 Å². The highest BCUT2D eigenvalue weighted by Crippen LogP contribution is 2.30. The Bertz CT molecular complexity index is 1250. The maximum Gasteiger partial charge on any atom is 0.279 e. The molecule has 10 heteroatoms. The van der Waals surface area contributed by atoms with Crippen molar-refractivity contribution in [3.63, 3.8) is 0 Å². The van der Waals surface area contributed by atoms with Crippen LogP contribution in [0.4, 0.5) is 4.39 Å². The standard InChI is InChI=1S/C20H19FN4O5/c21-13-3-1-12(2-4-13)9-24-7-8-25-16(20(24)30)18(28)17(27)14(19(25)29)10-23-6-5-22-15(26)11-23/h1-4,7-8,27-28H,5-6,9-11H2,(H,22,26). The molecule has 1 saturated heterocycles. The lowest BCUT2D eigenvalue weighted by Gasteiger charge is -2.26. The fourth-order valence-corrected chi connectivity index (χ4v) is 3.52. The highest BCUT2D eigenvalue weighted by molar-refractivity contribution is 5.78. The average Bonchev–Trinajstić information content (AvgIpc) is 2.72. The van der Waals surface area contributed by atoms with Crippen molar-refractivity contribution in [2.24, 2.45) is 0 Å². The molecule has 0 bridgehead atoms. The van der Waals surface area contributed by atoms with Crippen molar-refractivity contribution in [1.29, 1.82) is 0 Å². The molecule has 0 saturated carbocycles. The van der Waals surface area contributed by atoms with Crippen LogP contribution in [0.1, 0.15) is 11.1 Å². The largest absolute Gasteiger partial charge is 0.504 e. The molecule has 0 radical (unpaired) electrons. The molecular formula is C20H19FN4O5. The molecule has 2 aromatic heterocycles. The van der Waals surface area contributed by atoms with E-state index < -0.39 is 28.4 Å². The zero-order valence-electron chi connectivity index (χ0n) is 15.8. The number of piperazine rings is 1. The molecule has 3 N–H and O–H groups in total. The summed E-state index contributed by atoms with van der Waals surface area (Å²) in [6, 6.07) is 5.57. The van der Waals surface area contributed by atoms with E-state index in [2.05, 4.69) is 5.32 Å². The lowest BCUT2D eigenvalue weighted by Crippen LogP contribution is -2.47. The first-order valence-electron chi connectivity index (χ1n) is 9.27. The molecule has 9 nitrogen and oxygen atoms in total. The number of hydrogen-bond donors (Lipinski definition) is 3. The Morgan fingerprint density at radius 1 is 0.967 bits per heavy atom. The number of aromatic nitrogens is 2. The Balaban J connectivity index is 1.76. The van der Waals surface area contributed by atoms with Gasteiger partial charge in [-0.3, -0.25) is 23.7 Å². The van der Waals surface area contributed by atoms with Crippen LogP contribution >= 0.6 is 0 Å². The molecule has 0 aliphatic carbocycles. The molecular weight excluding hydrogens is 395 g/mol. The van der Waals surface area contributed by atoms with Gasteiger partial charge in [0, 0.05) is 32.0 Å². The molecule has 0 unspecified atom stereocenters. The number of benzene rings is 1. The predicted molar refractivity (Wildman–Crippen MR) is 105 cm³/mol. The van der Waals surface area contributed by atoms with Crippen LogP contribution in [0.25, 0.3) is 5.52 Å². The third kappa shape index (κ3) is 3.52. The van der Waals surface area contributed by atoms with Crippen LogP contribution in [0.5, 0.6) is 11.5 Å². The molecule has 0 atom stereocenters. The van der Waals surface area contributed by atoms with E-state index in [0.717, 1.165) is 4.40 Å². The van der Waals surface area contributed by atoms with Gasteiger partial charge in [0.25, 0.3) is 11.1 Å². The summed E-state index contributed by atoms with van der Waals surface area (Å²) in [6.45, 7) is 0.992. The molecule has 1 fully saturated rings. The topological polar surface area (TPSA) is 116 Å². The van der Waals surface area contributed by atoms with Crippen LogP contribution < -0.4 is 16.4 Å². The van der Waals surface area contributed by atoms with Crippen molar-refractivity contribution < 1.29 is 19.4 Å². The van der Waals surface area contributed by atoms with E-state index in [9.17, 15) is 29.0 Å². The Morgan fingerprint density at radius 2 is 1.70 bits per heavy atom. The summed E-state index contributed by atoms with van der Waals surface area (Å²) < 4.78 is 15.3. The van der Waals surface area contributed by atoms with E-state index in [1.54, 1.807) is 4.90 Å². The van der Waals surface area contributed by atoms with Gasteiger partial charge in [-0.25, -0.2) is 4.39 Å². The van der Waals surface area contributed by atoms with Gasteiger partial charge in [0.1, 0.15) is 5.82 Å². The minimum Gasteiger partial charge on any atom is -0.504 e. The van der Waals surface area contributed by atoms with E-state index in [4.69, 9.17) is 0 Å². The molecule has 0 spiro atoms. The lowest BCUT2D eigenvalue weighted by atomic mass is 10.1. The Morgan fingerprint density at radius 3 is 2.40 bits per heavy atom. The molecule has 156 valence electrons. The molecule has 3 heterocycles. The van der Waals surface area contributed by atoms with Gasteiger partial charge in [-0.05, 0) is 17.7 Å². The monoisotopic (exact) mass is 414 g/mol. The number of pyridine rings is 1. The predicted octanol–water partition coefficient (Wildman–Crippen LogP) is -0.00840. The Hall–Kier alpha value is -3.66. The summed E-state index contributed by atoms with van der Waals surface area (Å²) in [5.74, 6) is -1.99. The number of hydrogen-bond acceptors (Lipinski definition) is 6. The van der Waals surface area contributed by atoms with Gasteiger partial charge in [-0.1, -0.05) is 12.1 Å². The molecule has 1 aliphatic heterocycles. The fourth-order valence-electron chi connectivity index (χ4n) is 3.52. The Labute approximate surface area is 169 Å². The second-order valence-electron chi connectivity index (χ2n) is 7.12. The lowest BCUT2D eigenvalue weighted by molar-refractivity contribution is -0.124. The first-order valence-corrected chi connectivity index (χ1v) is 9.27. The number of nitrogens with zero attached hydrogens (tertiary/aromatic N) is 3. The van der Waals surface area contributed by atoms with E-state index in [-0.39, 0.29) is 36.6 Å². The van der Waals surface area contributed by atoms with Crippen LogP contribution in [0, 0.1) is 5.82 Å². The van der Waals surface area contributed by atoms with Crippen LogP contribution in [-0.2, 0) is 17.9 Å². The zero-order valence-corrected chi connectivity index (χ0v) is 15.8. The zero-order chi connectivity index (χ0) is 21.4. The summed E-state index contributed by atoms with van der Waals surface area (Å²) >= 11 is 0. The van der Waals surface area contributed by atoms with Crippen LogP contribution in [0.15, 0.2) is 46.2 Å². The van der Waals surface area contributed by atoms with Gasteiger partial charge in [0.05, 0.1) is 18.7 Å². The van der Waals surface area contributed by atoms with Crippen molar-refractivity contribution in [1.82, 2.24) is 19.2 Å². The van der Waals surface area contributed by atoms with Gasteiger partial charge < -0.3 is 20.1 Å². The third-order valence-corrected chi connectivity index (χ3v) is 5.08. The summed E-state index contributed by atoms with van der Waals surface area (Å²) in [5.41, 5.74) is -1.15. The minimum atomic E-state index is -0.704. The maximum absolute atomic E-state index is 13.1. The third-order valence-electron chi connectivity index (χ3n) is 5.08. The summed E-state index contributed by atoms with van der Waals surface area (Å²) in [7, 11) is 0. The van der Waals surface area contributed by atoms with Crippen molar-refractivity contribution in [3.05, 3.63) is 74.3 Å². The fraction of sp³-hybridized carbons (Fsp3) is 0.250. The summed E-state index contributed by atoms with van der Waals surface area (Å²) in [6.07, 6.45) is 2.71. The van der Waals surface area contributed by atoms with Crippen molar-refractivity contribution in [2.45, 2.75) is 13.1 Å². The minimum absolute atomic E-state index is 0.0484. The summed E-state index contributed by atoms with van der Waals surface area (Å²) in [5, 5.41) is 23.6. The maximum atomic E-state index is 13.1. The van der Waals surface area contributed by atoms with Crippen LogP contribution in [-0.4, -0.2) is 49.6 Å². The van der Waals surface area contributed by atoms with Gasteiger partial charge >= 0.3 is 0 Å². The quantitative estimate of drug-likeness (QED) is 0.553. The SMILES string of the molecule is O=C1CN(Cc2c(O)c(O)c3c(=O)n(Cc4ccc(F)cc4)ccn3c2=O)CCN1. The van der Waals surface area contributed by atoms with Gasteiger partial charge in [0.2, 0.25) is 5.91 Å². The highest BCUT2D eigenvalue weighted by atomic mass is 19.1. The number of rotatable bonds is 4. The Kier molecular flexibility index (Phi) is 5.00. The van der Waals surface area contributed by atoms with E-state index in [1.807, 2.05) is 0 Å². The molecule has 1 amide bonds. The van der Waals surface area contributed by atoms with E-state index in [1.165, 1.54) is 41.2 Å². The van der Waals surface area contributed by atoms with Crippen LogP contribution in [0.2, 0.25) is 0 Å². The van der Waals surface area contributed by atoms with E-state index >= 15 is 0 Å². The van der Waals surface area contributed by atoms with Gasteiger partial charge in [-0.2, -0.15) is 0 Å². The van der Waals surface area contributed by atoms with Gasteiger partial charge in [-0.15, -0.1) is 0 Å². The average molecular weight is 414 g/mol. The number of carbonyl (C=O) groups is 1. The first kappa shape index (κ1) is 19.6. The smallest absolute Gasteiger partial charge is 0.279 e. The number of carbonyl (C=O) groups excluding carboxylic acids is 1. The number of fused-ring (bicyclic) bond motifs is 1. The number of amides is 1. The highest BCUT2D eigenvalue weighted by Gasteiger charge is 2.24. The van der Waals surface area contributed by atoms with Crippen molar-refractivity contribution in [2.75, 3.05) is 19.6 Å². The second-order valence-corrected chi connectivity index (χ2v) is 7.12. The molecule has 3 aromatic rings. The first-order chi connectivity index (χ1) is 14.3. The summed E-state index contributed by atoms with van der Waals surface area (Å²) in [4.78, 5) is 39.0. The van der Waals surface area contributed by atoms with Gasteiger partial charge in [0.15, 0.2) is 17.0 Å². The normalized spacial score (nSPS) is 14.8. The van der Waals surface area contributed by atoms with Crippen molar-refractivity contribution >= 4 is 11.4 Å². The number of halogens is 1. The van der Waals surface area contributed by atoms with Crippen molar-refractivity contribution in [3.8, 4) is 11.5 Å². The molecule has 1 aromatic carbocycles. The van der Waals surface area contributed by atoms with Crippen LogP contribution in [0.3, 0.4) is 0 Å². The molecule has 4 rings (SSSR count). The number of aromatic hydroxyl groups is 2. The molecule has 30 heavy (non-hydrogen) atoms. The second kappa shape index (κ2) is 7.64.